The Kier molecular flexibility index (Phi) is 11.5. The van der Waals surface area contributed by atoms with E-state index in [9.17, 15) is 27.9 Å². The van der Waals surface area contributed by atoms with E-state index in [-0.39, 0.29) is 53.8 Å². The molecule has 3 aliphatic rings. The lowest BCUT2D eigenvalue weighted by molar-refractivity contribution is 0.0302. The topological polar surface area (TPSA) is 157 Å². The third-order valence-corrected chi connectivity index (χ3v) is 11.6. The maximum absolute atomic E-state index is 13.5. The Bertz CT molecular complexity index is 1620. The smallest absolute Gasteiger partial charge is 0.409 e. The SMILES string of the molecule is COC(=O)N(CCN1CCC(NS(=O)(=O)N(C)C)C1)CC(O)CN1C2CCC1CC(NC(=O)c1cc3ccccc3n(C(C)C)c1=O)C2. The van der Waals surface area contributed by atoms with Gasteiger partial charge in [0.2, 0.25) is 0 Å². The average molecular weight is 690 g/mol. The zero-order valence-corrected chi connectivity index (χ0v) is 29.5. The highest BCUT2D eigenvalue weighted by Crippen LogP contribution is 2.36. The zero-order chi connectivity index (χ0) is 34.7. The average Bonchev–Trinajstić information content (AvgIpc) is 3.56. The van der Waals surface area contributed by atoms with E-state index in [4.69, 9.17) is 4.74 Å². The number of fused-ring (bicyclic) bond motifs is 3. The molecule has 1 aromatic heterocycles. The molecule has 0 spiro atoms. The van der Waals surface area contributed by atoms with Gasteiger partial charge in [0.15, 0.2) is 0 Å². The Morgan fingerprint density at radius 3 is 2.42 bits per heavy atom. The molecule has 3 N–H and O–H groups in total. The molecule has 5 rings (SSSR count). The van der Waals surface area contributed by atoms with Crippen molar-refractivity contribution in [3.05, 3.63) is 46.2 Å². The number of methoxy groups -OCH3 is 1. The van der Waals surface area contributed by atoms with Crippen LogP contribution in [0, 0.1) is 0 Å². The number of aliphatic hydroxyl groups is 1. The highest BCUT2D eigenvalue weighted by molar-refractivity contribution is 7.87. The van der Waals surface area contributed by atoms with Gasteiger partial charge >= 0.3 is 6.09 Å². The molecular weight excluding hydrogens is 638 g/mol. The van der Waals surface area contributed by atoms with Crippen LogP contribution in [0.25, 0.3) is 10.9 Å². The van der Waals surface area contributed by atoms with E-state index in [1.807, 2.05) is 38.1 Å². The number of aliphatic hydroxyl groups excluding tert-OH is 1. The van der Waals surface area contributed by atoms with E-state index in [1.165, 1.54) is 26.1 Å². The number of carbonyl (C=O) groups excluding carboxylic acids is 2. The van der Waals surface area contributed by atoms with Crippen LogP contribution in [0.1, 0.15) is 62.4 Å². The number of pyridine rings is 1. The number of likely N-dealkylation sites (tertiary alicyclic amines) is 1. The molecule has 0 radical (unpaired) electrons. The molecule has 4 atom stereocenters. The number of hydrogen-bond acceptors (Lipinski definition) is 9. The van der Waals surface area contributed by atoms with E-state index in [1.54, 1.807) is 10.6 Å². The summed E-state index contributed by atoms with van der Waals surface area (Å²) in [7, 11) is 0.765. The first kappa shape index (κ1) is 36.2. The maximum Gasteiger partial charge on any atom is 0.409 e. The summed E-state index contributed by atoms with van der Waals surface area (Å²) in [5.41, 5.74) is 0.660. The van der Waals surface area contributed by atoms with E-state index in [0.717, 1.165) is 40.9 Å². The molecule has 2 bridgehead atoms. The molecule has 4 unspecified atom stereocenters. The molecular formula is C33H51N7O7S. The third-order valence-electron chi connectivity index (χ3n) is 9.97. The molecule has 266 valence electrons. The van der Waals surface area contributed by atoms with Crippen molar-refractivity contribution in [2.24, 2.45) is 0 Å². The minimum absolute atomic E-state index is 0.0835. The number of aromatic nitrogens is 1. The third kappa shape index (κ3) is 8.20. The number of carbonyl (C=O) groups is 2. The Labute approximate surface area is 283 Å². The highest BCUT2D eigenvalue weighted by atomic mass is 32.2. The fourth-order valence-corrected chi connectivity index (χ4v) is 8.39. The molecule has 1 aromatic carbocycles. The van der Waals surface area contributed by atoms with Crippen LogP contribution in [0.15, 0.2) is 35.1 Å². The summed E-state index contributed by atoms with van der Waals surface area (Å²) in [4.78, 5) is 45.4. The maximum atomic E-state index is 13.5. The van der Waals surface area contributed by atoms with Crippen molar-refractivity contribution in [2.45, 2.75) is 82.3 Å². The van der Waals surface area contributed by atoms with Gasteiger partial charge in [0.1, 0.15) is 5.56 Å². The van der Waals surface area contributed by atoms with Crippen LogP contribution in [0.2, 0.25) is 0 Å². The van der Waals surface area contributed by atoms with Gasteiger partial charge < -0.3 is 24.6 Å². The zero-order valence-electron chi connectivity index (χ0n) is 28.7. The molecule has 0 aliphatic carbocycles. The van der Waals surface area contributed by atoms with Gasteiger partial charge in [-0.1, -0.05) is 18.2 Å². The standard InChI is InChI=1S/C33H51N7O7S/c1-22(2)40-30-9-7-6-8-23(30)16-29(32(40)43)31(42)34-25-17-26-10-11-27(18-25)39(26)21-28(41)20-38(33(44)47-5)15-14-37-13-12-24(19-37)35-48(45,46)36(3)4/h6-9,16,22,24-28,35,41H,10-15,17-21H2,1-5H3,(H,34,42). The van der Waals surface area contributed by atoms with Crippen molar-refractivity contribution in [2.75, 3.05) is 60.5 Å². The number of benzene rings is 1. The number of nitrogens with one attached hydrogen (secondary N) is 2. The Hall–Kier alpha value is -3.08. The Morgan fingerprint density at radius 2 is 1.77 bits per heavy atom. The van der Waals surface area contributed by atoms with Gasteiger partial charge in [-0.3, -0.25) is 19.4 Å². The second-order valence-electron chi connectivity index (χ2n) is 13.9. The van der Waals surface area contributed by atoms with Crippen molar-refractivity contribution in [3.8, 4) is 0 Å². The van der Waals surface area contributed by atoms with Crippen LogP contribution >= 0.6 is 0 Å². The summed E-state index contributed by atoms with van der Waals surface area (Å²) in [6.07, 6.45) is 2.69. The van der Waals surface area contributed by atoms with Crippen molar-refractivity contribution in [1.29, 1.82) is 0 Å². The van der Waals surface area contributed by atoms with Crippen LogP contribution < -0.4 is 15.6 Å². The molecule has 3 fully saturated rings. The van der Waals surface area contributed by atoms with E-state index in [0.29, 0.717) is 39.1 Å². The van der Waals surface area contributed by atoms with Crippen LogP contribution in [-0.4, -0.2) is 140 Å². The van der Waals surface area contributed by atoms with Gasteiger partial charge in [-0.2, -0.15) is 17.4 Å². The summed E-state index contributed by atoms with van der Waals surface area (Å²) in [5.74, 6) is -0.355. The van der Waals surface area contributed by atoms with Gasteiger partial charge in [-0.15, -0.1) is 0 Å². The fraction of sp³-hybridized carbons (Fsp3) is 0.667. The lowest BCUT2D eigenvalue weighted by Crippen LogP contribution is -2.54. The highest BCUT2D eigenvalue weighted by Gasteiger charge is 2.42. The molecule has 2 aromatic rings. The quantitative estimate of drug-likeness (QED) is 0.281. The van der Waals surface area contributed by atoms with Crippen LogP contribution in [0.4, 0.5) is 4.79 Å². The van der Waals surface area contributed by atoms with Crippen molar-refractivity contribution >= 4 is 33.1 Å². The van der Waals surface area contributed by atoms with Gasteiger partial charge in [-0.25, -0.2) is 4.79 Å². The second-order valence-corrected chi connectivity index (χ2v) is 15.8. The molecule has 14 nitrogen and oxygen atoms in total. The monoisotopic (exact) mass is 689 g/mol. The van der Waals surface area contributed by atoms with Gasteiger partial charge in [-0.05, 0) is 70.0 Å². The lowest BCUT2D eigenvalue weighted by Gasteiger charge is -2.40. The minimum Gasteiger partial charge on any atom is -0.453 e. The Morgan fingerprint density at radius 1 is 1.08 bits per heavy atom. The van der Waals surface area contributed by atoms with Gasteiger partial charge in [0.25, 0.3) is 21.7 Å². The summed E-state index contributed by atoms with van der Waals surface area (Å²) in [6, 6.07) is 9.25. The van der Waals surface area contributed by atoms with Gasteiger partial charge in [0.05, 0.1) is 25.3 Å². The molecule has 2 amide bonds. The van der Waals surface area contributed by atoms with Crippen LogP contribution in [-0.2, 0) is 14.9 Å². The predicted octanol–water partition coefficient (Wildman–Crippen LogP) is 1.21. The normalized spacial score (nSPS) is 24.0. The largest absolute Gasteiger partial charge is 0.453 e. The first-order valence-electron chi connectivity index (χ1n) is 16.9. The van der Waals surface area contributed by atoms with E-state index < -0.39 is 22.4 Å². The molecule has 15 heteroatoms. The summed E-state index contributed by atoms with van der Waals surface area (Å²) >= 11 is 0. The molecule has 48 heavy (non-hydrogen) atoms. The first-order chi connectivity index (χ1) is 22.8. The lowest BCUT2D eigenvalue weighted by atomic mass is 9.96. The summed E-state index contributed by atoms with van der Waals surface area (Å²) in [5, 5.41) is 15.1. The van der Waals surface area contributed by atoms with Crippen LogP contribution in [0.5, 0.6) is 0 Å². The number of para-hydroxylation sites is 1. The first-order valence-corrected chi connectivity index (χ1v) is 18.3. The van der Waals surface area contributed by atoms with Crippen LogP contribution in [0.3, 0.4) is 0 Å². The summed E-state index contributed by atoms with van der Waals surface area (Å²) in [6.45, 7) is 6.47. The fourth-order valence-electron chi connectivity index (χ4n) is 7.57. The number of amides is 2. The number of piperidine rings is 1. The number of ether oxygens (including phenoxy) is 1. The predicted molar refractivity (Wildman–Crippen MR) is 183 cm³/mol. The molecule has 0 saturated carbocycles. The molecule has 3 saturated heterocycles. The van der Waals surface area contributed by atoms with Gasteiger partial charge in [0, 0.05) is 70.5 Å². The molecule has 3 aliphatic heterocycles. The number of rotatable bonds is 13. The Balaban J connectivity index is 1.14. The van der Waals surface area contributed by atoms with Crippen molar-refractivity contribution in [1.82, 2.24) is 33.6 Å². The summed E-state index contributed by atoms with van der Waals surface area (Å²) < 4.78 is 34.9. The second kappa shape index (κ2) is 15.2. The van der Waals surface area contributed by atoms with Crippen molar-refractivity contribution < 1.29 is 27.9 Å². The minimum atomic E-state index is -3.52. The van der Waals surface area contributed by atoms with E-state index >= 15 is 0 Å². The number of nitrogens with zero attached hydrogens (tertiary/aromatic N) is 5. The molecule has 4 heterocycles. The van der Waals surface area contributed by atoms with E-state index in [2.05, 4.69) is 19.8 Å². The number of hydrogen-bond donors (Lipinski definition) is 3. The van der Waals surface area contributed by atoms with Crippen molar-refractivity contribution in [3.63, 3.8) is 0 Å².